The van der Waals surface area contributed by atoms with Gasteiger partial charge in [0.1, 0.15) is 17.7 Å². The number of carbonyl (C=O) groups excluding carboxylic acids is 1. The molecule has 2 aromatic rings. The Labute approximate surface area is 181 Å². The number of carboxylic acid groups (broad SMARTS) is 1. The van der Waals surface area contributed by atoms with Gasteiger partial charge in [-0.2, -0.15) is 27.1 Å². The monoisotopic (exact) mass is 485 g/mol. The Hall–Kier alpha value is -3.36. The van der Waals surface area contributed by atoms with Gasteiger partial charge in [-0.05, 0) is 32.0 Å². The molecule has 8 nitrogen and oxygen atoms in total. The summed E-state index contributed by atoms with van der Waals surface area (Å²) < 4.78 is 93.9. The molecule has 15 heteroatoms. The molecule has 0 saturated carbocycles. The van der Waals surface area contributed by atoms with Crippen LogP contribution in [0.25, 0.3) is 11.3 Å². The van der Waals surface area contributed by atoms with Crippen molar-refractivity contribution in [3.63, 3.8) is 0 Å². The maximum atomic E-state index is 14.3. The zero-order valence-corrected chi connectivity index (χ0v) is 17.0. The van der Waals surface area contributed by atoms with Crippen LogP contribution >= 0.6 is 0 Å². The molecule has 0 radical (unpaired) electrons. The summed E-state index contributed by atoms with van der Waals surface area (Å²) in [4.78, 5) is 23.0. The first-order valence-electron chi connectivity index (χ1n) is 9.05. The third-order valence-electron chi connectivity index (χ3n) is 4.70. The first-order chi connectivity index (χ1) is 15.1. The zero-order chi connectivity index (χ0) is 25.1. The number of nitrogens with zero attached hydrogens (tertiary/aromatic N) is 2. The van der Waals surface area contributed by atoms with Crippen LogP contribution in [0, 0.1) is 17.0 Å². The van der Waals surface area contributed by atoms with E-state index in [2.05, 4.69) is 5.10 Å². The van der Waals surface area contributed by atoms with Gasteiger partial charge < -0.3 is 10.4 Å². The number of aromatic nitrogens is 2. The Morgan fingerprint density at radius 2 is 1.73 bits per heavy atom. The van der Waals surface area contributed by atoms with Crippen LogP contribution in [0.1, 0.15) is 26.0 Å². The number of hydrazine groups is 1. The lowest BCUT2D eigenvalue weighted by molar-refractivity contribution is -0.220. The van der Waals surface area contributed by atoms with Crippen molar-refractivity contribution < 1.29 is 45.4 Å². The topological polar surface area (TPSA) is 108 Å². The number of hydrogen-bond donors (Lipinski definition) is 4. The van der Waals surface area contributed by atoms with Gasteiger partial charge in [0, 0.05) is 23.9 Å². The van der Waals surface area contributed by atoms with Gasteiger partial charge in [-0.25, -0.2) is 23.7 Å². The van der Waals surface area contributed by atoms with Crippen LogP contribution in [0.5, 0.6) is 0 Å². The molecule has 1 unspecified atom stereocenters. The van der Waals surface area contributed by atoms with Crippen molar-refractivity contribution in [3.05, 3.63) is 41.6 Å². The lowest BCUT2D eigenvalue weighted by atomic mass is 9.83. The summed E-state index contributed by atoms with van der Waals surface area (Å²) >= 11 is 0. The molecule has 1 aromatic carbocycles. The second-order valence-corrected chi connectivity index (χ2v) is 7.32. The quantitative estimate of drug-likeness (QED) is 0.338. The molecule has 0 aliphatic carbocycles. The van der Waals surface area contributed by atoms with Crippen molar-refractivity contribution in [1.29, 1.82) is 0 Å². The van der Waals surface area contributed by atoms with Crippen LogP contribution in [0.3, 0.4) is 0 Å². The van der Waals surface area contributed by atoms with E-state index < -0.39 is 59.9 Å². The Morgan fingerprint density at radius 1 is 1.15 bits per heavy atom. The summed E-state index contributed by atoms with van der Waals surface area (Å²) in [6.07, 6.45) is -5.96. The van der Waals surface area contributed by atoms with Crippen molar-refractivity contribution in [2.75, 3.05) is 0 Å². The Morgan fingerprint density at radius 3 is 2.18 bits per heavy atom. The van der Waals surface area contributed by atoms with Crippen LogP contribution in [0.4, 0.5) is 35.5 Å². The van der Waals surface area contributed by atoms with Crippen LogP contribution in [0.15, 0.2) is 24.4 Å². The largest absolute Gasteiger partial charge is 0.465 e. The maximum Gasteiger partial charge on any atom is 0.405 e. The van der Waals surface area contributed by atoms with Crippen LogP contribution < -0.4 is 16.2 Å². The Kier molecular flexibility index (Phi) is 7.57. The molecule has 0 bridgehead atoms. The fourth-order valence-electron chi connectivity index (χ4n) is 2.67. The molecule has 0 saturated heterocycles. The summed E-state index contributed by atoms with van der Waals surface area (Å²) in [6.45, 7) is -2.50. The number of rotatable bonds is 8. The fraction of sp³-hybridized carbons (Fsp3) is 0.389. The molecule has 0 fully saturated rings. The van der Waals surface area contributed by atoms with Crippen LogP contribution in [-0.2, 0) is 11.3 Å². The van der Waals surface area contributed by atoms with Gasteiger partial charge in [0.05, 0.1) is 11.1 Å². The minimum absolute atomic E-state index is 0.141. The standard InChI is InChI=1S/C18H18F7N5O3/c1-17(2,18(23,24)25)13(27-16(32)33)14(31)28-26-7-9-10(19)5-8(6-11(9)20)12-3-4-30(29-12)15(21)22/h3-6,13,15,26-27H,7H2,1-2H3,(H,28,31)(H,32,33). The summed E-state index contributed by atoms with van der Waals surface area (Å²) in [5.74, 6) is -3.77. The van der Waals surface area contributed by atoms with Crippen molar-refractivity contribution in [2.45, 2.75) is 39.2 Å². The number of carbonyl (C=O) groups is 2. The van der Waals surface area contributed by atoms with Gasteiger partial charge in [0.2, 0.25) is 0 Å². The number of nitrogens with one attached hydrogen (secondary N) is 3. The van der Waals surface area contributed by atoms with E-state index in [1.165, 1.54) is 5.32 Å². The molecular formula is C18H18F7N5O3. The highest BCUT2D eigenvalue weighted by Crippen LogP contribution is 2.40. The Balaban J connectivity index is 2.13. The van der Waals surface area contributed by atoms with Gasteiger partial charge >= 0.3 is 18.8 Å². The van der Waals surface area contributed by atoms with Crippen molar-refractivity contribution in [3.8, 4) is 11.3 Å². The molecule has 1 aromatic heterocycles. The molecule has 33 heavy (non-hydrogen) atoms. The summed E-state index contributed by atoms with van der Waals surface area (Å²) in [5.41, 5.74) is 0.0692. The lowest BCUT2D eigenvalue weighted by Gasteiger charge is -2.34. The van der Waals surface area contributed by atoms with E-state index in [0.717, 1.165) is 24.4 Å². The second kappa shape index (κ2) is 9.64. The van der Waals surface area contributed by atoms with Gasteiger partial charge in [0.25, 0.3) is 5.91 Å². The van der Waals surface area contributed by atoms with E-state index in [0.29, 0.717) is 13.8 Å². The van der Waals surface area contributed by atoms with Gasteiger partial charge in [0.15, 0.2) is 0 Å². The lowest BCUT2D eigenvalue weighted by Crippen LogP contribution is -2.60. The highest BCUT2D eigenvalue weighted by Gasteiger charge is 2.55. The first-order valence-corrected chi connectivity index (χ1v) is 9.05. The number of benzene rings is 1. The average Bonchev–Trinajstić information content (AvgIpc) is 3.17. The molecule has 0 aliphatic rings. The number of alkyl halides is 5. The van der Waals surface area contributed by atoms with Crippen LogP contribution in [-0.4, -0.2) is 39.1 Å². The van der Waals surface area contributed by atoms with Crippen molar-refractivity contribution in [1.82, 2.24) is 25.9 Å². The zero-order valence-electron chi connectivity index (χ0n) is 17.0. The van der Waals surface area contributed by atoms with Crippen molar-refractivity contribution in [2.24, 2.45) is 5.41 Å². The molecule has 182 valence electrons. The molecule has 4 N–H and O–H groups in total. The van der Waals surface area contributed by atoms with Gasteiger partial charge in [-0.1, -0.05) is 0 Å². The molecule has 0 spiro atoms. The molecule has 2 amide bonds. The summed E-state index contributed by atoms with van der Waals surface area (Å²) in [5, 5.41) is 13.7. The van der Waals surface area contributed by atoms with Crippen LogP contribution in [0.2, 0.25) is 0 Å². The number of amides is 2. The van der Waals surface area contributed by atoms with Gasteiger partial charge in [-0.3, -0.25) is 10.2 Å². The highest BCUT2D eigenvalue weighted by molar-refractivity contribution is 5.85. The Bertz CT molecular complexity index is 1000. The van der Waals surface area contributed by atoms with E-state index in [9.17, 15) is 40.3 Å². The van der Waals surface area contributed by atoms with Gasteiger partial charge in [-0.15, -0.1) is 0 Å². The molecular weight excluding hydrogens is 467 g/mol. The maximum absolute atomic E-state index is 14.3. The van der Waals surface area contributed by atoms with E-state index in [-0.39, 0.29) is 15.9 Å². The summed E-state index contributed by atoms with van der Waals surface area (Å²) in [6, 6.07) is 0.407. The number of halogens is 7. The van der Waals surface area contributed by atoms with E-state index in [4.69, 9.17) is 5.11 Å². The predicted molar refractivity (Wildman–Crippen MR) is 98.6 cm³/mol. The fourth-order valence-corrected chi connectivity index (χ4v) is 2.67. The highest BCUT2D eigenvalue weighted by atomic mass is 19.4. The van der Waals surface area contributed by atoms with E-state index in [1.54, 1.807) is 5.43 Å². The average molecular weight is 485 g/mol. The minimum atomic E-state index is -4.97. The molecule has 1 atom stereocenters. The third kappa shape index (κ3) is 5.91. The smallest absolute Gasteiger partial charge is 0.405 e. The molecule has 2 rings (SSSR count). The SMILES string of the molecule is CC(C)(C(NC(=O)O)C(=O)NNCc1c(F)cc(-c2ccn(C(F)F)n2)cc1F)C(F)(F)F. The minimum Gasteiger partial charge on any atom is -0.465 e. The number of hydrogen-bond acceptors (Lipinski definition) is 4. The van der Waals surface area contributed by atoms with E-state index in [1.807, 2.05) is 5.43 Å². The third-order valence-corrected chi connectivity index (χ3v) is 4.70. The van der Waals surface area contributed by atoms with E-state index >= 15 is 0 Å². The molecule has 1 heterocycles. The summed E-state index contributed by atoms with van der Waals surface area (Å²) in [7, 11) is 0. The second-order valence-electron chi connectivity index (χ2n) is 7.32. The molecule has 0 aliphatic heterocycles. The van der Waals surface area contributed by atoms with Crippen molar-refractivity contribution >= 4 is 12.0 Å². The predicted octanol–water partition coefficient (Wildman–Crippen LogP) is 3.57. The normalized spacial score (nSPS) is 13.2. The first kappa shape index (κ1) is 25.9.